The molecule has 2 heteroatoms. The van der Waals surface area contributed by atoms with Gasteiger partial charge < -0.3 is 9.32 Å². The van der Waals surface area contributed by atoms with E-state index in [0.717, 1.165) is 44.6 Å². The van der Waals surface area contributed by atoms with Gasteiger partial charge in [0, 0.05) is 33.9 Å². The molecule has 1 aromatic heterocycles. The van der Waals surface area contributed by atoms with Crippen LogP contribution in [0.1, 0.15) is 0 Å². The number of furan rings is 1. The van der Waals surface area contributed by atoms with Crippen molar-refractivity contribution in [1.82, 2.24) is 0 Å². The zero-order valence-electron chi connectivity index (χ0n) is 28.4. The van der Waals surface area contributed by atoms with Crippen molar-refractivity contribution in [3.63, 3.8) is 0 Å². The van der Waals surface area contributed by atoms with Crippen LogP contribution >= 0.6 is 0 Å². The number of hydrogen-bond acceptors (Lipinski definition) is 2. The number of hydrogen-bond donors (Lipinski definition) is 0. The van der Waals surface area contributed by atoms with Gasteiger partial charge in [-0.05, 0) is 110 Å². The van der Waals surface area contributed by atoms with Gasteiger partial charge in [-0.25, -0.2) is 0 Å². The third-order valence-electron chi connectivity index (χ3n) is 10.2. The summed E-state index contributed by atoms with van der Waals surface area (Å²) in [6, 6.07) is 71.8. The maximum atomic E-state index is 6.37. The van der Waals surface area contributed by atoms with Crippen LogP contribution in [0.3, 0.4) is 0 Å². The molecule has 2 nitrogen and oxygen atoms in total. The molecule has 0 saturated heterocycles. The molecule has 0 atom stereocenters. The van der Waals surface area contributed by atoms with Crippen molar-refractivity contribution in [2.45, 2.75) is 0 Å². The van der Waals surface area contributed by atoms with Crippen molar-refractivity contribution in [3.8, 4) is 33.4 Å². The highest BCUT2D eigenvalue weighted by Gasteiger charge is 2.17. The normalized spacial score (nSPS) is 11.5. The fourth-order valence-corrected chi connectivity index (χ4v) is 7.60. The first-order chi connectivity index (χ1) is 25.7. The summed E-state index contributed by atoms with van der Waals surface area (Å²) in [7, 11) is 0. The van der Waals surface area contributed by atoms with Crippen molar-refractivity contribution in [2.24, 2.45) is 0 Å². The molecular weight excluding hydrogens is 631 g/mol. The summed E-state index contributed by atoms with van der Waals surface area (Å²) >= 11 is 0. The van der Waals surface area contributed by atoms with Gasteiger partial charge in [0.15, 0.2) is 0 Å². The molecule has 0 aliphatic rings. The molecule has 0 aliphatic heterocycles. The Balaban J connectivity index is 1.10. The van der Waals surface area contributed by atoms with E-state index in [4.69, 9.17) is 4.42 Å². The van der Waals surface area contributed by atoms with E-state index in [9.17, 15) is 0 Å². The maximum absolute atomic E-state index is 6.37. The van der Waals surface area contributed by atoms with E-state index >= 15 is 0 Å². The minimum absolute atomic E-state index is 0.872. The van der Waals surface area contributed by atoms with E-state index in [2.05, 4.69) is 193 Å². The van der Waals surface area contributed by atoms with Gasteiger partial charge in [0.25, 0.3) is 0 Å². The van der Waals surface area contributed by atoms with Crippen molar-refractivity contribution in [3.05, 3.63) is 200 Å². The van der Waals surface area contributed by atoms with E-state index in [1.54, 1.807) is 0 Å². The Labute approximate surface area is 302 Å². The lowest BCUT2D eigenvalue weighted by atomic mass is 9.94. The van der Waals surface area contributed by atoms with E-state index < -0.39 is 0 Å². The second kappa shape index (κ2) is 12.5. The molecule has 0 N–H and O–H groups in total. The molecule has 0 spiro atoms. The first-order valence-corrected chi connectivity index (χ1v) is 17.7. The van der Waals surface area contributed by atoms with Crippen LogP contribution in [0.2, 0.25) is 0 Å². The van der Waals surface area contributed by atoms with E-state index in [0.29, 0.717) is 0 Å². The number of benzene rings is 9. The Morgan fingerprint density at radius 3 is 1.46 bits per heavy atom. The molecule has 0 radical (unpaired) electrons. The summed E-state index contributed by atoms with van der Waals surface area (Å²) in [4.78, 5) is 2.33. The first kappa shape index (κ1) is 30.0. The predicted octanol–water partition coefficient (Wildman–Crippen LogP) is 14.4. The fraction of sp³-hybridized carbons (Fsp3) is 0. The minimum Gasteiger partial charge on any atom is -0.456 e. The Kier molecular flexibility index (Phi) is 7.18. The smallest absolute Gasteiger partial charge is 0.137 e. The summed E-state index contributed by atoms with van der Waals surface area (Å²) in [5, 5.41) is 7.23. The van der Waals surface area contributed by atoms with Crippen LogP contribution in [0.4, 0.5) is 17.1 Å². The van der Waals surface area contributed by atoms with Crippen LogP contribution < -0.4 is 4.90 Å². The standard InChI is InChI=1S/C50H33NO/c1-3-10-34(11-4-1)36-24-26-42(27-25-36)51(44-28-29-46-45-16-7-8-17-49(45)52-50(46)33-44)43-15-9-14-39(30-43)41-23-21-38-19-18-37-20-22-40(31-47(37)48(38)32-41)35-12-5-2-6-13-35/h1-33H. The number of nitrogens with zero attached hydrogens (tertiary/aromatic N) is 1. The molecule has 244 valence electrons. The average Bonchev–Trinajstić information content (AvgIpc) is 3.59. The summed E-state index contributed by atoms with van der Waals surface area (Å²) in [5.74, 6) is 0. The molecule has 0 unspecified atom stereocenters. The molecule has 0 saturated carbocycles. The van der Waals surface area contributed by atoms with Crippen LogP contribution in [-0.4, -0.2) is 0 Å². The fourth-order valence-electron chi connectivity index (χ4n) is 7.60. The summed E-state index contributed by atoms with van der Waals surface area (Å²) < 4.78 is 6.37. The average molecular weight is 664 g/mol. The molecule has 0 amide bonds. The SMILES string of the molecule is c1ccc(-c2ccc(N(c3cccc(-c4ccc5ccc6ccc(-c7ccccc7)cc6c5c4)c3)c3ccc4c(c3)oc3ccccc34)cc2)cc1. The van der Waals surface area contributed by atoms with Gasteiger partial charge >= 0.3 is 0 Å². The van der Waals surface area contributed by atoms with Gasteiger partial charge in [0.2, 0.25) is 0 Å². The van der Waals surface area contributed by atoms with Crippen LogP contribution in [0, 0.1) is 0 Å². The second-order valence-electron chi connectivity index (χ2n) is 13.4. The highest BCUT2D eigenvalue weighted by atomic mass is 16.3. The quantitative estimate of drug-likeness (QED) is 0.165. The van der Waals surface area contributed by atoms with Crippen molar-refractivity contribution < 1.29 is 4.42 Å². The number of para-hydroxylation sites is 1. The summed E-state index contributed by atoms with van der Waals surface area (Å²) in [5.41, 5.74) is 12.1. The molecule has 10 aromatic rings. The van der Waals surface area contributed by atoms with Gasteiger partial charge in [0.1, 0.15) is 11.2 Å². The molecule has 10 rings (SSSR count). The Morgan fingerprint density at radius 2 is 0.750 bits per heavy atom. The predicted molar refractivity (Wildman–Crippen MR) is 220 cm³/mol. The Morgan fingerprint density at radius 1 is 0.269 bits per heavy atom. The van der Waals surface area contributed by atoms with E-state index in [-0.39, 0.29) is 0 Å². The molecule has 1 heterocycles. The minimum atomic E-state index is 0.872. The van der Waals surface area contributed by atoms with Crippen LogP contribution in [-0.2, 0) is 0 Å². The monoisotopic (exact) mass is 663 g/mol. The molecule has 52 heavy (non-hydrogen) atoms. The van der Waals surface area contributed by atoms with Gasteiger partial charge in [-0.3, -0.25) is 0 Å². The highest BCUT2D eigenvalue weighted by molar-refractivity contribution is 6.10. The highest BCUT2D eigenvalue weighted by Crippen LogP contribution is 2.41. The van der Waals surface area contributed by atoms with E-state index in [1.807, 2.05) is 12.1 Å². The zero-order chi connectivity index (χ0) is 34.4. The maximum Gasteiger partial charge on any atom is 0.137 e. The van der Waals surface area contributed by atoms with Crippen molar-refractivity contribution in [2.75, 3.05) is 4.90 Å². The number of anilines is 3. The van der Waals surface area contributed by atoms with Crippen molar-refractivity contribution in [1.29, 1.82) is 0 Å². The topological polar surface area (TPSA) is 16.4 Å². The lowest BCUT2D eigenvalue weighted by molar-refractivity contribution is 0.669. The van der Waals surface area contributed by atoms with Crippen molar-refractivity contribution >= 4 is 60.5 Å². The second-order valence-corrected chi connectivity index (χ2v) is 13.4. The van der Waals surface area contributed by atoms with Gasteiger partial charge in [0.05, 0.1) is 0 Å². The van der Waals surface area contributed by atoms with Crippen LogP contribution in [0.15, 0.2) is 205 Å². The molecule has 9 aromatic carbocycles. The molecular formula is C50H33NO. The summed E-state index contributed by atoms with van der Waals surface area (Å²) in [6.45, 7) is 0. The third kappa shape index (κ3) is 5.30. The van der Waals surface area contributed by atoms with Crippen LogP contribution in [0.5, 0.6) is 0 Å². The van der Waals surface area contributed by atoms with Gasteiger partial charge in [-0.15, -0.1) is 0 Å². The molecule has 0 fully saturated rings. The molecule has 0 aliphatic carbocycles. The first-order valence-electron chi connectivity index (χ1n) is 17.7. The van der Waals surface area contributed by atoms with Gasteiger partial charge in [-0.1, -0.05) is 140 Å². The van der Waals surface area contributed by atoms with E-state index in [1.165, 1.54) is 49.4 Å². The zero-order valence-corrected chi connectivity index (χ0v) is 28.4. The number of fused-ring (bicyclic) bond motifs is 6. The lowest BCUT2D eigenvalue weighted by Crippen LogP contribution is -2.10. The Hall–Kier alpha value is -6.90. The Bertz CT molecular complexity index is 2890. The number of rotatable bonds is 6. The van der Waals surface area contributed by atoms with Gasteiger partial charge in [-0.2, -0.15) is 0 Å². The largest absolute Gasteiger partial charge is 0.456 e. The summed E-state index contributed by atoms with van der Waals surface area (Å²) in [6.07, 6.45) is 0. The molecule has 0 bridgehead atoms. The van der Waals surface area contributed by atoms with Crippen LogP contribution in [0.25, 0.3) is 76.9 Å². The lowest BCUT2D eigenvalue weighted by Gasteiger charge is -2.26. The third-order valence-corrected chi connectivity index (χ3v) is 10.2.